The van der Waals surface area contributed by atoms with Gasteiger partial charge in [-0.2, -0.15) is 0 Å². The molecule has 13 heavy (non-hydrogen) atoms. The molecular formula is C10H11NO2. The summed E-state index contributed by atoms with van der Waals surface area (Å²) in [5.41, 5.74) is 0. The summed E-state index contributed by atoms with van der Waals surface area (Å²) in [6.07, 6.45) is 0. The van der Waals surface area contributed by atoms with Crippen molar-refractivity contribution >= 4 is 5.91 Å². The SMILES string of the molecule is O=C(COc1ccccc1)N1CC1. The van der Waals surface area contributed by atoms with Crippen LogP contribution in [-0.2, 0) is 4.79 Å². The lowest BCUT2D eigenvalue weighted by atomic mass is 10.3. The Morgan fingerprint density at radius 1 is 1.31 bits per heavy atom. The van der Waals surface area contributed by atoms with Gasteiger partial charge in [-0.15, -0.1) is 0 Å². The standard InChI is InChI=1S/C10H11NO2/c12-10(11-6-7-11)8-13-9-4-2-1-3-5-9/h1-5H,6-8H2. The maximum Gasteiger partial charge on any atom is 0.260 e. The largest absolute Gasteiger partial charge is 0.484 e. The van der Waals surface area contributed by atoms with Crippen molar-refractivity contribution in [1.82, 2.24) is 4.90 Å². The van der Waals surface area contributed by atoms with Crippen molar-refractivity contribution < 1.29 is 9.53 Å². The average Bonchev–Trinajstić information content (AvgIpc) is 2.99. The van der Waals surface area contributed by atoms with Crippen molar-refractivity contribution in [2.24, 2.45) is 0 Å². The Morgan fingerprint density at radius 2 is 2.00 bits per heavy atom. The highest BCUT2D eigenvalue weighted by molar-refractivity contribution is 5.79. The van der Waals surface area contributed by atoms with Crippen molar-refractivity contribution in [1.29, 1.82) is 0 Å². The summed E-state index contributed by atoms with van der Waals surface area (Å²) in [4.78, 5) is 12.9. The molecule has 1 aliphatic heterocycles. The summed E-state index contributed by atoms with van der Waals surface area (Å²) in [5, 5.41) is 0. The molecule has 0 N–H and O–H groups in total. The van der Waals surface area contributed by atoms with Crippen molar-refractivity contribution in [2.75, 3.05) is 19.7 Å². The van der Waals surface area contributed by atoms with E-state index in [0.717, 1.165) is 18.8 Å². The van der Waals surface area contributed by atoms with Gasteiger partial charge < -0.3 is 9.64 Å². The number of carbonyl (C=O) groups is 1. The molecule has 2 rings (SSSR count). The maximum absolute atomic E-state index is 11.2. The lowest BCUT2D eigenvalue weighted by Crippen LogP contribution is -2.19. The molecule has 0 saturated carbocycles. The van der Waals surface area contributed by atoms with Crippen LogP contribution < -0.4 is 4.74 Å². The molecule has 1 heterocycles. The zero-order valence-electron chi connectivity index (χ0n) is 7.27. The summed E-state index contributed by atoms with van der Waals surface area (Å²) >= 11 is 0. The lowest BCUT2D eigenvalue weighted by molar-refractivity contribution is -0.127. The Labute approximate surface area is 76.9 Å². The first kappa shape index (κ1) is 8.10. The van der Waals surface area contributed by atoms with E-state index in [-0.39, 0.29) is 12.5 Å². The van der Waals surface area contributed by atoms with Crippen LogP contribution in [0.3, 0.4) is 0 Å². The van der Waals surface area contributed by atoms with Crippen LogP contribution in [0.1, 0.15) is 0 Å². The van der Waals surface area contributed by atoms with Crippen LogP contribution >= 0.6 is 0 Å². The van der Waals surface area contributed by atoms with Crippen LogP contribution in [0.5, 0.6) is 5.75 Å². The van der Waals surface area contributed by atoms with E-state index in [1.807, 2.05) is 30.3 Å². The topological polar surface area (TPSA) is 29.3 Å². The first-order valence-corrected chi connectivity index (χ1v) is 4.32. The second-order valence-corrected chi connectivity index (χ2v) is 2.98. The van der Waals surface area contributed by atoms with Crippen LogP contribution in [0.25, 0.3) is 0 Å². The number of amides is 1. The van der Waals surface area contributed by atoms with E-state index >= 15 is 0 Å². The molecule has 0 aromatic heterocycles. The van der Waals surface area contributed by atoms with Gasteiger partial charge in [0.15, 0.2) is 6.61 Å². The summed E-state index contributed by atoms with van der Waals surface area (Å²) < 4.78 is 5.28. The predicted octanol–water partition coefficient (Wildman–Crippen LogP) is 0.908. The third-order valence-electron chi connectivity index (χ3n) is 1.91. The van der Waals surface area contributed by atoms with E-state index in [9.17, 15) is 4.79 Å². The monoisotopic (exact) mass is 177 g/mol. The second-order valence-electron chi connectivity index (χ2n) is 2.98. The van der Waals surface area contributed by atoms with Gasteiger partial charge in [0.2, 0.25) is 0 Å². The number of nitrogens with zero attached hydrogens (tertiary/aromatic N) is 1. The number of benzene rings is 1. The van der Waals surface area contributed by atoms with Gasteiger partial charge in [-0.25, -0.2) is 0 Å². The van der Waals surface area contributed by atoms with Gasteiger partial charge in [-0.3, -0.25) is 4.79 Å². The molecule has 0 spiro atoms. The number of para-hydroxylation sites is 1. The van der Waals surface area contributed by atoms with Crippen LogP contribution in [0, 0.1) is 0 Å². The number of hydrogen-bond acceptors (Lipinski definition) is 2. The Bertz CT molecular complexity index is 293. The molecule has 0 radical (unpaired) electrons. The molecule has 0 aliphatic carbocycles. The fourth-order valence-corrected chi connectivity index (χ4v) is 1.05. The van der Waals surface area contributed by atoms with Crippen molar-refractivity contribution in [3.63, 3.8) is 0 Å². The van der Waals surface area contributed by atoms with E-state index < -0.39 is 0 Å². The maximum atomic E-state index is 11.2. The Hall–Kier alpha value is -1.51. The third kappa shape index (κ3) is 2.21. The summed E-state index contributed by atoms with van der Waals surface area (Å²) in [7, 11) is 0. The van der Waals surface area contributed by atoms with E-state index in [2.05, 4.69) is 0 Å². The lowest BCUT2D eigenvalue weighted by Gasteiger charge is -2.04. The quantitative estimate of drug-likeness (QED) is 0.642. The van der Waals surface area contributed by atoms with Gasteiger partial charge in [0.25, 0.3) is 5.91 Å². The van der Waals surface area contributed by atoms with Crippen molar-refractivity contribution in [3.8, 4) is 5.75 Å². The van der Waals surface area contributed by atoms with Crippen molar-refractivity contribution in [3.05, 3.63) is 30.3 Å². The fraction of sp³-hybridized carbons (Fsp3) is 0.300. The molecule has 1 aliphatic rings. The van der Waals surface area contributed by atoms with Crippen LogP contribution in [-0.4, -0.2) is 30.5 Å². The van der Waals surface area contributed by atoms with Gasteiger partial charge in [0.05, 0.1) is 0 Å². The second kappa shape index (κ2) is 3.47. The van der Waals surface area contributed by atoms with E-state index in [1.54, 1.807) is 4.90 Å². The fourth-order valence-electron chi connectivity index (χ4n) is 1.05. The Morgan fingerprint density at radius 3 is 2.62 bits per heavy atom. The molecular weight excluding hydrogens is 166 g/mol. The van der Waals surface area contributed by atoms with Gasteiger partial charge in [0.1, 0.15) is 5.75 Å². The average molecular weight is 177 g/mol. The van der Waals surface area contributed by atoms with Gasteiger partial charge in [-0.1, -0.05) is 18.2 Å². The zero-order chi connectivity index (χ0) is 9.10. The molecule has 0 unspecified atom stereocenters. The molecule has 3 heteroatoms. The van der Waals surface area contributed by atoms with E-state index in [1.165, 1.54) is 0 Å². The minimum absolute atomic E-state index is 0.0730. The molecule has 1 amide bonds. The summed E-state index contributed by atoms with van der Waals surface area (Å²) in [6.45, 7) is 1.93. The number of rotatable bonds is 3. The molecule has 1 saturated heterocycles. The zero-order valence-corrected chi connectivity index (χ0v) is 7.27. The molecule has 0 atom stereocenters. The van der Waals surface area contributed by atoms with Crippen LogP contribution in [0.2, 0.25) is 0 Å². The van der Waals surface area contributed by atoms with Gasteiger partial charge in [-0.05, 0) is 12.1 Å². The first-order chi connectivity index (χ1) is 6.36. The molecule has 0 bridgehead atoms. The van der Waals surface area contributed by atoms with Crippen molar-refractivity contribution in [2.45, 2.75) is 0 Å². The minimum Gasteiger partial charge on any atom is -0.484 e. The molecule has 68 valence electrons. The summed E-state index contributed by atoms with van der Waals surface area (Å²) in [6, 6.07) is 9.37. The highest BCUT2D eigenvalue weighted by Gasteiger charge is 2.23. The number of carbonyl (C=O) groups excluding carboxylic acids is 1. The molecule has 1 fully saturated rings. The minimum atomic E-state index is 0.0730. The Kier molecular flexibility index (Phi) is 2.17. The van der Waals surface area contributed by atoms with Crippen LogP contribution in [0.4, 0.5) is 0 Å². The Balaban J connectivity index is 1.82. The van der Waals surface area contributed by atoms with Gasteiger partial charge >= 0.3 is 0 Å². The van der Waals surface area contributed by atoms with Crippen LogP contribution in [0.15, 0.2) is 30.3 Å². The molecule has 1 aromatic carbocycles. The first-order valence-electron chi connectivity index (χ1n) is 4.32. The van der Waals surface area contributed by atoms with E-state index in [0.29, 0.717) is 0 Å². The third-order valence-corrected chi connectivity index (χ3v) is 1.91. The van der Waals surface area contributed by atoms with E-state index in [4.69, 9.17) is 4.74 Å². The number of hydrogen-bond donors (Lipinski definition) is 0. The highest BCUT2D eigenvalue weighted by Crippen LogP contribution is 2.09. The molecule has 3 nitrogen and oxygen atoms in total. The number of ether oxygens (including phenoxy) is 1. The summed E-state index contributed by atoms with van der Waals surface area (Å²) in [5.74, 6) is 0.821. The molecule has 1 aromatic rings. The predicted molar refractivity (Wildman–Crippen MR) is 48.5 cm³/mol. The highest BCUT2D eigenvalue weighted by atomic mass is 16.5. The normalized spacial score (nSPS) is 14.0. The van der Waals surface area contributed by atoms with Gasteiger partial charge in [0, 0.05) is 13.1 Å². The smallest absolute Gasteiger partial charge is 0.260 e.